The van der Waals surface area contributed by atoms with Gasteiger partial charge >= 0.3 is 5.84 Å². The largest absolute Gasteiger partial charge is 0.497 e. The minimum Gasteiger partial charge on any atom is -0.497 e. The predicted molar refractivity (Wildman–Crippen MR) is 116 cm³/mol. The molecule has 0 aliphatic carbocycles. The van der Waals surface area contributed by atoms with Gasteiger partial charge in [-0.05, 0) is 34.5 Å². The van der Waals surface area contributed by atoms with Gasteiger partial charge in [0.25, 0.3) is 0 Å². The molecule has 6 heteroatoms. The summed E-state index contributed by atoms with van der Waals surface area (Å²) in [6.07, 6.45) is 5.09. The van der Waals surface area contributed by atoms with E-state index in [2.05, 4.69) is 40.5 Å². The third kappa shape index (κ3) is 3.39. The standard InChI is InChI=1S/C24H19N3O3/c1-28-21-10-6-17(7-11-21)16-30-25-15-22-23(26-24-27(22)12-13-29-24)20-9-8-18-4-2-3-5-19(18)14-20/h2-15H,16H2,1H3/b25-15+. The minimum atomic E-state index is 0.360. The van der Waals surface area contributed by atoms with Crippen LogP contribution < -0.4 is 4.74 Å². The molecule has 0 unspecified atom stereocenters. The van der Waals surface area contributed by atoms with Crippen LogP contribution in [0.5, 0.6) is 5.75 Å². The molecular formula is C24H19N3O3. The molecule has 0 aliphatic heterocycles. The predicted octanol–water partition coefficient (Wildman–Crippen LogP) is 5.31. The molecule has 3 aromatic carbocycles. The molecule has 0 aliphatic rings. The molecule has 0 radical (unpaired) electrons. The van der Waals surface area contributed by atoms with Crippen LogP contribution in [0.3, 0.4) is 0 Å². The lowest BCUT2D eigenvalue weighted by molar-refractivity contribution is 0.132. The number of hydrogen-bond acceptors (Lipinski definition) is 5. The highest BCUT2D eigenvalue weighted by Gasteiger charge is 2.15. The van der Waals surface area contributed by atoms with Crippen molar-refractivity contribution in [3.05, 3.63) is 90.4 Å². The summed E-state index contributed by atoms with van der Waals surface area (Å²) in [5.41, 5.74) is 3.58. The van der Waals surface area contributed by atoms with Crippen molar-refractivity contribution in [2.45, 2.75) is 6.61 Å². The number of oxime groups is 1. The summed E-state index contributed by atoms with van der Waals surface area (Å²) in [5.74, 6) is 1.32. The third-order valence-corrected chi connectivity index (χ3v) is 4.96. The summed E-state index contributed by atoms with van der Waals surface area (Å²) in [4.78, 5) is 10.2. The first-order valence-corrected chi connectivity index (χ1v) is 9.55. The Morgan fingerprint density at radius 2 is 1.87 bits per heavy atom. The Labute approximate surface area is 173 Å². The van der Waals surface area contributed by atoms with Crippen LogP contribution >= 0.6 is 0 Å². The van der Waals surface area contributed by atoms with Gasteiger partial charge in [0.15, 0.2) is 0 Å². The molecule has 5 aromatic rings. The van der Waals surface area contributed by atoms with Crippen molar-refractivity contribution in [3.8, 4) is 17.0 Å². The topological polar surface area (TPSA) is 61.3 Å². The Hall–Kier alpha value is -4.06. The maximum atomic E-state index is 5.51. The number of aromatic nitrogens is 2. The van der Waals surface area contributed by atoms with E-state index in [1.54, 1.807) is 19.6 Å². The van der Waals surface area contributed by atoms with E-state index in [0.29, 0.717) is 12.5 Å². The van der Waals surface area contributed by atoms with Crippen molar-refractivity contribution in [1.82, 2.24) is 9.38 Å². The Balaban J connectivity index is 1.42. The van der Waals surface area contributed by atoms with Crippen LogP contribution in [-0.4, -0.2) is 22.7 Å². The van der Waals surface area contributed by atoms with Crippen molar-refractivity contribution in [2.75, 3.05) is 7.11 Å². The molecule has 0 fully saturated rings. The van der Waals surface area contributed by atoms with Gasteiger partial charge in [-0.15, -0.1) is 0 Å². The number of methoxy groups -OCH3 is 1. The van der Waals surface area contributed by atoms with Crippen molar-refractivity contribution >= 4 is 22.8 Å². The number of oxazole rings is 1. The second kappa shape index (κ2) is 7.75. The van der Waals surface area contributed by atoms with Gasteiger partial charge in [-0.3, -0.25) is 4.40 Å². The third-order valence-electron chi connectivity index (χ3n) is 4.96. The van der Waals surface area contributed by atoms with Crippen molar-refractivity contribution < 1.29 is 14.0 Å². The summed E-state index contributed by atoms with van der Waals surface area (Å²) >= 11 is 0. The monoisotopic (exact) mass is 397 g/mol. The Morgan fingerprint density at radius 1 is 1.03 bits per heavy atom. The lowest BCUT2D eigenvalue weighted by atomic mass is 10.0. The Morgan fingerprint density at radius 3 is 2.70 bits per heavy atom. The fourth-order valence-corrected chi connectivity index (χ4v) is 3.40. The normalized spacial score (nSPS) is 11.5. The molecule has 0 saturated heterocycles. The van der Waals surface area contributed by atoms with Crippen molar-refractivity contribution in [2.24, 2.45) is 5.16 Å². The van der Waals surface area contributed by atoms with Crippen LogP contribution in [0, 0.1) is 0 Å². The molecule has 0 amide bonds. The van der Waals surface area contributed by atoms with Gasteiger partial charge in [-0.2, -0.15) is 4.98 Å². The summed E-state index contributed by atoms with van der Waals surface area (Å²) in [7, 11) is 1.64. The van der Waals surface area contributed by atoms with Gasteiger partial charge in [0.05, 0.1) is 19.0 Å². The van der Waals surface area contributed by atoms with E-state index < -0.39 is 0 Å². The van der Waals surface area contributed by atoms with E-state index in [9.17, 15) is 0 Å². The van der Waals surface area contributed by atoms with Crippen LogP contribution in [0.15, 0.2) is 88.8 Å². The molecule has 0 atom stereocenters. The molecule has 2 heterocycles. The zero-order valence-corrected chi connectivity index (χ0v) is 16.4. The Bertz CT molecular complexity index is 1330. The molecule has 6 nitrogen and oxygen atoms in total. The van der Waals surface area contributed by atoms with Crippen LogP contribution in [-0.2, 0) is 11.4 Å². The zero-order valence-electron chi connectivity index (χ0n) is 16.4. The molecule has 0 N–H and O–H groups in total. The van der Waals surface area contributed by atoms with Gasteiger partial charge in [0, 0.05) is 11.8 Å². The highest BCUT2D eigenvalue weighted by atomic mass is 16.6. The first kappa shape index (κ1) is 18.0. The molecule has 0 spiro atoms. The fourth-order valence-electron chi connectivity index (χ4n) is 3.40. The number of benzene rings is 3. The smallest absolute Gasteiger partial charge is 0.306 e. The van der Waals surface area contributed by atoms with Crippen LogP contribution in [0.25, 0.3) is 27.9 Å². The average molecular weight is 397 g/mol. The van der Waals surface area contributed by atoms with Gasteiger partial charge in [0.1, 0.15) is 24.3 Å². The number of ether oxygens (including phenoxy) is 1. The first-order chi connectivity index (χ1) is 14.8. The lowest BCUT2D eigenvalue weighted by Gasteiger charge is -2.04. The van der Waals surface area contributed by atoms with Gasteiger partial charge in [-0.25, -0.2) is 0 Å². The quantitative estimate of drug-likeness (QED) is 0.288. The van der Waals surface area contributed by atoms with Crippen molar-refractivity contribution in [1.29, 1.82) is 0 Å². The number of nitrogens with zero attached hydrogens (tertiary/aromatic N) is 3. The summed E-state index contributed by atoms with van der Waals surface area (Å²) in [6, 6.07) is 22.2. The van der Waals surface area contributed by atoms with Crippen molar-refractivity contribution in [3.63, 3.8) is 0 Å². The van der Waals surface area contributed by atoms with E-state index >= 15 is 0 Å². The average Bonchev–Trinajstić information content (AvgIpc) is 3.39. The second-order valence-corrected chi connectivity index (χ2v) is 6.82. The van der Waals surface area contributed by atoms with E-state index in [1.807, 2.05) is 47.0 Å². The molecule has 0 saturated carbocycles. The SMILES string of the molecule is COc1ccc(CO/N=C/c2c(-c3ccc4ccccc4c3)nc3occn23)cc1. The second-order valence-electron chi connectivity index (χ2n) is 6.82. The molecule has 0 bridgehead atoms. The number of imidazole rings is 1. The molecule has 30 heavy (non-hydrogen) atoms. The lowest BCUT2D eigenvalue weighted by Crippen LogP contribution is -1.94. The first-order valence-electron chi connectivity index (χ1n) is 9.55. The summed E-state index contributed by atoms with van der Waals surface area (Å²) in [5, 5.41) is 6.50. The van der Waals surface area contributed by atoms with E-state index in [0.717, 1.165) is 33.7 Å². The highest BCUT2D eigenvalue weighted by molar-refractivity contribution is 5.92. The van der Waals surface area contributed by atoms with Gasteiger partial charge in [-0.1, -0.05) is 53.7 Å². The maximum Gasteiger partial charge on any atom is 0.306 e. The van der Waals surface area contributed by atoms with Crippen LogP contribution in [0.1, 0.15) is 11.3 Å². The van der Waals surface area contributed by atoms with Crippen LogP contribution in [0.2, 0.25) is 0 Å². The van der Waals surface area contributed by atoms with Gasteiger partial charge in [0.2, 0.25) is 0 Å². The summed E-state index contributed by atoms with van der Waals surface area (Å²) < 4.78 is 12.5. The molecule has 148 valence electrons. The number of hydrogen-bond donors (Lipinski definition) is 0. The molecular weight excluding hydrogens is 378 g/mol. The number of rotatable bonds is 6. The van der Waals surface area contributed by atoms with Crippen LogP contribution in [0.4, 0.5) is 0 Å². The molecule has 5 rings (SSSR count). The van der Waals surface area contributed by atoms with E-state index in [1.165, 1.54) is 5.39 Å². The number of fused-ring (bicyclic) bond motifs is 2. The van der Waals surface area contributed by atoms with Gasteiger partial charge < -0.3 is 14.0 Å². The Kier molecular flexibility index (Phi) is 4.65. The van der Waals surface area contributed by atoms with E-state index in [-0.39, 0.29) is 0 Å². The maximum absolute atomic E-state index is 5.51. The zero-order chi connectivity index (χ0) is 20.3. The summed E-state index contributed by atoms with van der Waals surface area (Å²) in [6.45, 7) is 0.360. The van der Waals surface area contributed by atoms with E-state index in [4.69, 9.17) is 14.0 Å². The highest BCUT2D eigenvalue weighted by Crippen LogP contribution is 2.27. The minimum absolute atomic E-state index is 0.360. The molecule has 2 aromatic heterocycles. The fraction of sp³-hybridized carbons (Fsp3) is 0.0833.